The second-order valence-corrected chi connectivity index (χ2v) is 2.14. The topological polar surface area (TPSA) is 6.48 Å². The Morgan fingerprint density at radius 3 is 2.27 bits per heavy atom. The smallest absolute Gasteiger partial charge is 0.214 e. The van der Waals surface area contributed by atoms with E-state index in [4.69, 9.17) is 0 Å². The zero-order chi connectivity index (χ0) is 8.65. The molecule has 6 heteroatoms. The molecule has 0 bridgehead atoms. The minimum absolute atomic E-state index is 0.115. The maximum Gasteiger partial charge on any atom is 0.265 e. The SMILES string of the molecule is CCC1(F)C(F)=CN(F)N1F. The van der Waals surface area contributed by atoms with Gasteiger partial charge in [-0.15, -0.1) is 9.71 Å². The molecule has 11 heavy (non-hydrogen) atoms. The molecular weight excluding hydrogens is 164 g/mol. The Labute approximate surface area is 60.5 Å². The molecule has 0 radical (unpaired) electrons. The molecule has 0 aliphatic carbocycles. The molecule has 0 saturated carbocycles. The molecule has 0 N–H and O–H groups in total. The molecule has 0 amide bonds. The highest BCUT2D eigenvalue weighted by Crippen LogP contribution is 2.38. The van der Waals surface area contributed by atoms with Gasteiger partial charge in [-0.05, 0) is 0 Å². The monoisotopic (exact) mass is 170 g/mol. The van der Waals surface area contributed by atoms with Crippen LogP contribution in [0.5, 0.6) is 0 Å². The Hall–Kier alpha value is -0.780. The van der Waals surface area contributed by atoms with Crippen molar-refractivity contribution in [1.82, 2.24) is 10.5 Å². The zero-order valence-corrected chi connectivity index (χ0v) is 5.69. The Morgan fingerprint density at radius 2 is 2.09 bits per heavy atom. The average molecular weight is 170 g/mol. The number of hydrogen-bond acceptors (Lipinski definition) is 2. The fraction of sp³-hybridized carbons (Fsp3) is 0.600. The quantitative estimate of drug-likeness (QED) is 0.338. The second-order valence-electron chi connectivity index (χ2n) is 2.14. The lowest BCUT2D eigenvalue weighted by Crippen LogP contribution is -2.39. The second kappa shape index (κ2) is 2.37. The van der Waals surface area contributed by atoms with E-state index in [1.54, 1.807) is 0 Å². The standard InChI is InChI=1S/C5H6F4N2/c1-2-5(7)4(6)3-10(8)11(5)9/h3H,2H2,1H3. The van der Waals surface area contributed by atoms with Crippen LogP contribution in [0.4, 0.5) is 17.7 Å². The van der Waals surface area contributed by atoms with Gasteiger partial charge >= 0.3 is 0 Å². The highest BCUT2D eigenvalue weighted by atomic mass is 19.3. The molecule has 64 valence electrons. The van der Waals surface area contributed by atoms with Crippen LogP contribution in [0.2, 0.25) is 0 Å². The third kappa shape index (κ3) is 0.973. The number of hydrazine groups is 1. The number of hydrogen-bond donors (Lipinski definition) is 0. The summed E-state index contributed by atoms with van der Waals surface area (Å²) in [4.78, 5) is 0. The zero-order valence-electron chi connectivity index (χ0n) is 5.69. The lowest BCUT2D eigenvalue weighted by atomic mass is 10.2. The van der Waals surface area contributed by atoms with Crippen LogP contribution in [-0.4, -0.2) is 16.3 Å². The summed E-state index contributed by atoms with van der Waals surface area (Å²) in [7, 11) is 0. The predicted molar refractivity (Wildman–Crippen MR) is 29.2 cm³/mol. The summed E-state index contributed by atoms with van der Waals surface area (Å²) in [5, 5.41) is -1.69. The Morgan fingerprint density at radius 1 is 1.55 bits per heavy atom. The van der Waals surface area contributed by atoms with Gasteiger partial charge in [0, 0.05) is 11.7 Å². The summed E-state index contributed by atoms with van der Waals surface area (Å²) in [6.07, 6.45) is -0.379. The molecule has 1 heterocycles. The lowest BCUT2D eigenvalue weighted by molar-refractivity contribution is -0.301. The minimum atomic E-state index is -2.96. The van der Waals surface area contributed by atoms with Crippen molar-refractivity contribution >= 4 is 0 Å². The molecule has 0 fully saturated rings. The van der Waals surface area contributed by atoms with E-state index in [1.165, 1.54) is 6.92 Å². The molecule has 1 rings (SSSR count). The van der Waals surface area contributed by atoms with E-state index >= 15 is 0 Å². The van der Waals surface area contributed by atoms with Crippen LogP contribution in [0, 0.1) is 0 Å². The van der Waals surface area contributed by atoms with Crippen molar-refractivity contribution in [2.45, 2.75) is 19.1 Å². The molecule has 0 aromatic heterocycles. The van der Waals surface area contributed by atoms with Crippen molar-refractivity contribution in [2.75, 3.05) is 0 Å². The van der Waals surface area contributed by atoms with Gasteiger partial charge in [0.1, 0.15) is 0 Å². The van der Waals surface area contributed by atoms with Gasteiger partial charge < -0.3 is 0 Å². The van der Waals surface area contributed by atoms with Crippen molar-refractivity contribution < 1.29 is 17.7 Å². The van der Waals surface area contributed by atoms with E-state index in [0.29, 0.717) is 0 Å². The average Bonchev–Trinajstić information content (AvgIpc) is 2.16. The largest absolute Gasteiger partial charge is 0.265 e. The molecule has 0 aromatic carbocycles. The highest BCUT2D eigenvalue weighted by molar-refractivity contribution is 5.09. The normalized spacial score (nSPS) is 32.8. The summed E-state index contributed by atoms with van der Waals surface area (Å²) in [6, 6.07) is 0. The first-order valence-corrected chi connectivity index (χ1v) is 3.00. The first-order chi connectivity index (χ1) is 5.02. The Bertz CT molecular complexity index is 195. The van der Waals surface area contributed by atoms with E-state index in [1.807, 2.05) is 0 Å². The van der Waals surface area contributed by atoms with Crippen LogP contribution in [0.3, 0.4) is 0 Å². The van der Waals surface area contributed by atoms with E-state index < -0.39 is 28.5 Å². The van der Waals surface area contributed by atoms with Gasteiger partial charge in [-0.2, -0.15) is 0 Å². The molecule has 1 atom stereocenters. The third-order valence-electron chi connectivity index (χ3n) is 1.51. The van der Waals surface area contributed by atoms with Gasteiger partial charge in [0.2, 0.25) is 0 Å². The van der Waals surface area contributed by atoms with Crippen molar-refractivity contribution in [3.8, 4) is 0 Å². The summed E-state index contributed by atoms with van der Waals surface area (Å²) < 4.78 is 49.7. The molecule has 0 aromatic rings. The highest BCUT2D eigenvalue weighted by Gasteiger charge is 2.50. The Balaban J connectivity index is 2.90. The molecule has 0 spiro atoms. The summed E-state index contributed by atoms with van der Waals surface area (Å²) in [5.41, 5.74) is 0. The fourth-order valence-corrected chi connectivity index (χ4v) is 0.782. The van der Waals surface area contributed by atoms with Crippen molar-refractivity contribution in [3.05, 3.63) is 12.0 Å². The predicted octanol–water partition coefficient (Wildman–Crippen LogP) is 2.17. The van der Waals surface area contributed by atoms with E-state index in [-0.39, 0.29) is 6.20 Å². The molecule has 2 nitrogen and oxygen atoms in total. The maximum atomic E-state index is 12.9. The van der Waals surface area contributed by atoms with Crippen LogP contribution in [0.25, 0.3) is 0 Å². The van der Waals surface area contributed by atoms with Crippen LogP contribution in [-0.2, 0) is 0 Å². The van der Waals surface area contributed by atoms with Gasteiger partial charge in [0.05, 0.1) is 6.20 Å². The maximum absolute atomic E-state index is 12.9. The van der Waals surface area contributed by atoms with Gasteiger partial charge in [0.25, 0.3) is 5.79 Å². The van der Waals surface area contributed by atoms with Crippen LogP contribution in [0.15, 0.2) is 12.0 Å². The molecule has 1 unspecified atom stereocenters. The van der Waals surface area contributed by atoms with Gasteiger partial charge in [-0.1, -0.05) is 11.4 Å². The number of halogens is 4. The lowest BCUT2D eigenvalue weighted by Gasteiger charge is -2.22. The minimum Gasteiger partial charge on any atom is -0.214 e. The van der Waals surface area contributed by atoms with Gasteiger partial charge in [0.15, 0.2) is 5.83 Å². The van der Waals surface area contributed by atoms with Crippen molar-refractivity contribution in [1.29, 1.82) is 0 Å². The first kappa shape index (κ1) is 8.32. The summed E-state index contributed by atoms with van der Waals surface area (Å²) in [6.45, 7) is 1.21. The van der Waals surface area contributed by atoms with Gasteiger partial charge in [-0.3, -0.25) is 0 Å². The van der Waals surface area contributed by atoms with E-state index in [2.05, 4.69) is 0 Å². The number of alkyl halides is 1. The van der Waals surface area contributed by atoms with Gasteiger partial charge in [-0.25, -0.2) is 8.78 Å². The van der Waals surface area contributed by atoms with E-state index in [0.717, 1.165) is 0 Å². The molecule has 0 saturated heterocycles. The van der Waals surface area contributed by atoms with E-state index in [9.17, 15) is 17.7 Å². The van der Waals surface area contributed by atoms with Crippen molar-refractivity contribution in [2.24, 2.45) is 0 Å². The van der Waals surface area contributed by atoms with Crippen LogP contribution < -0.4 is 0 Å². The first-order valence-electron chi connectivity index (χ1n) is 3.00. The molecular formula is C5H6F4N2. The number of nitrogens with zero attached hydrogens (tertiary/aromatic N) is 2. The van der Waals surface area contributed by atoms with Crippen molar-refractivity contribution in [3.63, 3.8) is 0 Å². The summed E-state index contributed by atoms with van der Waals surface area (Å²) >= 11 is 0. The fourth-order valence-electron chi connectivity index (χ4n) is 0.782. The van der Waals surface area contributed by atoms with Crippen LogP contribution in [0.1, 0.15) is 13.3 Å². The Kier molecular flexibility index (Phi) is 1.79. The van der Waals surface area contributed by atoms with Crippen LogP contribution >= 0.6 is 0 Å². The molecule has 1 aliphatic heterocycles. The number of rotatable bonds is 1. The summed E-state index contributed by atoms with van der Waals surface area (Å²) in [5.74, 6) is -4.43. The third-order valence-corrected chi connectivity index (χ3v) is 1.51. The molecule has 1 aliphatic rings.